The van der Waals surface area contributed by atoms with Crippen LogP contribution >= 0.6 is 38.9 Å². The summed E-state index contributed by atoms with van der Waals surface area (Å²) in [5.41, 5.74) is 1.43. The molecule has 74 valence electrons. The molecule has 1 heterocycles. The Morgan fingerprint density at radius 1 is 1.54 bits per heavy atom. The van der Waals surface area contributed by atoms with Gasteiger partial charge in [0.1, 0.15) is 0 Å². The Balaban J connectivity index is 2.22. The minimum atomic E-state index is 0.294. The number of alkyl halides is 2. The van der Waals surface area contributed by atoms with Crippen molar-refractivity contribution in [2.75, 3.05) is 0 Å². The third-order valence-electron chi connectivity index (χ3n) is 1.91. The zero-order chi connectivity index (χ0) is 9.68. The van der Waals surface area contributed by atoms with Crippen molar-refractivity contribution >= 4 is 38.9 Å². The van der Waals surface area contributed by atoms with Crippen LogP contribution in [-0.2, 0) is 6.42 Å². The lowest BCUT2D eigenvalue weighted by atomic mass is 10.1. The molecule has 0 aliphatic heterocycles. The van der Waals surface area contributed by atoms with Gasteiger partial charge in [-0.2, -0.15) is 11.3 Å². The number of thiophene rings is 1. The molecule has 1 rings (SSSR count). The van der Waals surface area contributed by atoms with Gasteiger partial charge in [0.25, 0.3) is 0 Å². The number of hydrogen-bond acceptors (Lipinski definition) is 1. The summed E-state index contributed by atoms with van der Waals surface area (Å²) in [5, 5.41) is 4.62. The molecule has 13 heavy (non-hydrogen) atoms. The second-order valence-corrected chi connectivity index (χ2v) is 6.11. The first kappa shape index (κ1) is 11.5. The molecule has 0 spiro atoms. The number of halogens is 2. The lowest BCUT2D eigenvalue weighted by Gasteiger charge is -2.09. The lowest BCUT2D eigenvalue weighted by molar-refractivity contribution is 0.693. The van der Waals surface area contributed by atoms with Crippen LogP contribution in [0.15, 0.2) is 16.8 Å². The maximum absolute atomic E-state index is 5.88. The first-order chi connectivity index (χ1) is 6.18. The maximum Gasteiger partial charge on any atom is 0.0308 e. The standard InChI is InChI=1S/C10H14BrClS/c1-8(12)2-3-10(11)6-9-4-5-13-7-9/h4-5,7-8,10H,2-3,6H2,1H3. The molecule has 0 saturated carbocycles. The van der Waals surface area contributed by atoms with E-state index in [0.717, 1.165) is 19.3 Å². The zero-order valence-corrected chi connectivity index (χ0v) is 10.8. The highest BCUT2D eigenvalue weighted by Gasteiger charge is 2.07. The minimum Gasteiger partial charge on any atom is -0.152 e. The highest BCUT2D eigenvalue weighted by Crippen LogP contribution is 2.18. The molecule has 0 N–H and O–H groups in total. The SMILES string of the molecule is CC(Cl)CCC(Br)Cc1ccsc1. The quantitative estimate of drug-likeness (QED) is 0.699. The van der Waals surface area contributed by atoms with Crippen LogP contribution in [0.2, 0.25) is 0 Å². The van der Waals surface area contributed by atoms with Gasteiger partial charge in [0.05, 0.1) is 0 Å². The molecule has 1 aromatic rings. The van der Waals surface area contributed by atoms with Crippen LogP contribution in [0.3, 0.4) is 0 Å². The highest BCUT2D eigenvalue weighted by atomic mass is 79.9. The molecule has 0 aromatic carbocycles. The van der Waals surface area contributed by atoms with Gasteiger partial charge < -0.3 is 0 Å². The topological polar surface area (TPSA) is 0 Å². The molecular formula is C10H14BrClS. The molecule has 2 atom stereocenters. The molecule has 0 nitrogen and oxygen atoms in total. The van der Waals surface area contributed by atoms with E-state index in [1.807, 2.05) is 6.92 Å². The molecular weight excluding hydrogens is 268 g/mol. The Morgan fingerprint density at radius 3 is 2.85 bits per heavy atom. The molecule has 0 amide bonds. The number of hydrogen-bond donors (Lipinski definition) is 0. The summed E-state index contributed by atoms with van der Waals surface area (Å²) >= 11 is 11.3. The van der Waals surface area contributed by atoms with Crippen molar-refractivity contribution in [3.63, 3.8) is 0 Å². The molecule has 0 aliphatic carbocycles. The van der Waals surface area contributed by atoms with E-state index in [-0.39, 0.29) is 0 Å². The first-order valence-electron chi connectivity index (χ1n) is 4.47. The summed E-state index contributed by atoms with van der Waals surface area (Å²) in [4.78, 5) is 0.572. The van der Waals surface area contributed by atoms with Crippen LogP contribution in [0.4, 0.5) is 0 Å². The zero-order valence-electron chi connectivity index (χ0n) is 7.67. The molecule has 0 saturated heterocycles. The molecule has 0 fully saturated rings. The van der Waals surface area contributed by atoms with E-state index >= 15 is 0 Å². The smallest absolute Gasteiger partial charge is 0.0308 e. The van der Waals surface area contributed by atoms with Crippen LogP contribution in [0.25, 0.3) is 0 Å². The van der Waals surface area contributed by atoms with Gasteiger partial charge >= 0.3 is 0 Å². The van der Waals surface area contributed by atoms with E-state index in [9.17, 15) is 0 Å². The van der Waals surface area contributed by atoms with Crippen molar-refractivity contribution in [3.8, 4) is 0 Å². The second kappa shape index (κ2) is 6.05. The molecule has 0 bridgehead atoms. The maximum atomic E-state index is 5.88. The fourth-order valence-corrected chi connectivity index (χ4v) is 2.62. The van der Waals surface area contributed by atoms with Crippen LogP contribution in [0.1, 0.15) is 25.3 Å². The molecule has 0 aliphatic rings. The summed E-state index contributed by atoms with van der Waals surface area (Å²) < 4.78 is 0. The Kier molecular flexibility index (Phi) is 5.37. The monoisotopic (exact) mass is 280 g/mol. The molecule has 1 aromatic heterocycles. The third kappa shape index (κ3) is 5.04. The summed E-state index contributed by atoms with van der Waals surface area (Å²) in [6, 6.07) is 2.18. The van der Waals surface area contributed by atoms with Crippen LogP contribution < -0.4 is 0 Å². The van der Waals surface area contributed by atoms with Crippen LogP contribution in [0.5, 0.6) is 0 Å². The predicted octanol–water partition coefficient (Wildman–Crippen LogP) is 4.46. The molecule has 3 heteroatoms. The molecule has 0 radical (unpaired) electrons. The van der Waals surface area contributed by atoms with E-state index < -0.39 is 0 Å². The van der Waals surface area contributed by atoms with Gasteiger partial charge in [-0.15, -0.1) is 11.6 Å². The Hall–Kier alpha value is 0.470. The average molecular weight is 282 g/mol. The molecule has 2 unspecified atom stereocenters. The van der Waals surface area contributed by atoms with Gasteiger partial charge in [-0.3, -0.25) is 0 Å². The van der Waals surface area contributed by atoms with Crippen molar-refractivity contribution in [1.82, 2.24) is 0 Å². The average Bonchev–Trinajstić information content (AvgIpc) is 2.53. The normalized spacial score (nSPS) is 15.6. The van der Waals surface area contributed by atoms with Gasteiger partial charge in [0, 0.05) is 10.2 Å². The van der Waals surface area contributed by atoms with Crippen molar-refractivity contribution < 1.29 is 0 Å². The summed E-state index contributed by atoms with van der Waals surface area (Å²) in [6.07, 6.45) is 3.36. The van der Waals surface area contributed by atoms with E-state index in [1.54, 1.807) is 11.3 Å². The van der Waals surface area contributed by atoms with Crippen molar-refractivity contribution in [3.05, 3.63) is 22.4 Å². The van der Waals surface area contributed by atoms with Gasteiger partial charge in [-0.1, -0.05) is 15.9 Å². The summed E-state index contributed by atoms with van der Waals surface area (Å²) in [7, 11) is 0. The van der Waals surface area contributed by atoms with Gasteiger partial charge in [0.15, 0.2) is 0 Å². The van der Waals surface area contributed by atoms with E-state index in [1.165, 1.54) is 5.56 Å². The van der Waals surface area contributed by atoms with Gasteiger partial charge in [-0.25, -0.2) is 0 Å². The van der Waals surface area contributed by atoms with E-state index in [0.29, 0.717) is 10.2 Å². The summed E-state index contributed by atoms with van der Waals surface area (Å²) in [5.74, 6) is 0. The van der Waals surface area contributed by atoms with E-state index in [4.69, 9.17) is 11.6 Å². The lowest BCUT2D eigenvalue weighted by Crippen LogP contribution is -2.04. The first-order valence-corrected chi connectivity index (χ1v) is 6.77. The van der Waals surface area contributed by atoms with Crippen LogP contribution in [-0.4, -0.2) is 10.2 Å². The van der Waals surface area contributed by atoms with Crippen LogP contribution in [0, 0.1) is 0 Å². The Morgan fingerprint density at radius 2 is 2.31 bits per heavy atom. The Bertz CT molecular complexity index is 221. The van der Waals surface area contributed by atoms with Crippen molar-refractivity contribution in [1.29, 1.82) is 0 Å². The van der Waals surface area contributed by atoms with Crippen molar-refractivity contribution in [2.45, 2.75) is 36.4 Å². The fourth-order valence-electron chi connectivity index (χ4n) is 1.18. The predicted molar refractivity (Wildman–Crippen MR) is 65.3 cm³/mol. The Labute approximate surface area is 97.4 Å². The third-order valence-corrected chi connectivity index (χ3v) is 3.65. The second-order valence-electron chi connectivity index (χ2n) is 3.29. The number of rotatable bonds is 5. The van der Waals surface area contributed by atoms with E-state index in [2.05, 4.69) is 32.8 Å². The summed E-state index contributed by atoms with van der Waals surface area (Å²) in [6.45, 7) is 2.05. The highest BCUT2D eigenvalue weighted by molar-refractivity contribution is 9.09. The van der Waals surface area contributed by atoms with Crippen molar-refractivity contribution in [2.24, 2.45) is 0 Å². The van der Waals surface area contributed by atoms with Gasteiger partial charge in [-0.05, 0) is 48.6 Å². The minimum absolute atomic E-state index is 0.294. The van der Waals surface area contributed by atoms with Gasteiger partial charge in [0.2, 0.25) is 0 Å². The fraction of sp³-hybridized carbons (Fsp3) is 0.600. The largest absolute Gasteiger partial charge is 0.152 e.